The number of rotatable bonds is 8. The molecule has 0 aromatic carbocycles. The topological polar surface area (TPSA) is 48.5 Å². The molecule has 0 saturated heterocycles. The second-order valence-corrected chi connectivity index (χ2v) is 10.6. The van der Waals surface area contributed by atoms with Gasteiger partial charge in [0.15, 0.2) is 0 Å². The first-order valence-electron chi connectivity index (χ1n) is 13.5. The average molecular weight is 504 g/mol. The monoisotopic (exact) mass is 503 g/mol. The van der Waals surface area contributed by atoms with Crippen LogP contribution in [0.25, 0.3) is 11.6 Å². The van der Waals surface area contributed by atoms with Gasteiger partial charge in [-0.25, -0.2) is 9.97 Å². The molecule has 5 nitrogen and oxygen atoms in total. The van der Waals surface area contributed by atoms with Crippen molar-refractivity contribution in [2.45, 2.75) is 67.2 Å². The van der Waals surface area contributed by atoms with Gasteiger partial charge in [0.25, 0.3) is 0 Å². The lowest BCUT2D eigenvalue weighted by Gasteiger charge is -2.12. The fourth-order valence-electron chi connectivity index (χ4n) is 5.38. The minimum absolute atomic E-state index is 0.891. The molecular formula is C33H37N5. The van der Waals surface area contributed by atoms with Gasteiger partial charge in [-0.1, -0.05) is 6.07 Å². The van der Waals surface area contributed by atoms with E-state index < -0.39 is 0 Å². The minimum atomic E-state index is 0.891. The van der Waals surface area contributed by atoms with E-state index in [1.807, 2.05) is 12.4 Å². The lowest BCUT2D eigenvalue weighted by molar-refractivity contribution is 0.854. The highest BCUT2D eigenvalue weighted by molar-refractivity contribution is 5.37. The van der Waals surface area contributed by atoms with Crippen molar-refractivity contribution in [2.75, 3.05) is 0 Å². The van der Waals surface area contributed by atoms with Crippen LogP contribution >= 0.6 is 0 Å². The summed E-state index contributed by atoms with van der Waals surface area (Å²) in [5, 5.41) is 0. The molecule has 5 rings (SSSR count). The fraction of sp³-hybridized carbons (Fsp3) is 0.303. The van der Waals surface area contributed by atoms with Gasteiger partial charge in [-0.15, -0.1) is 0 Å². The molecule has 5 heterocycles. The highest BCUT2D eigenvalue weighted by atomic mass is 15.1. The van der Waals surface area contributed by atoms with Crippen molar-refractivity contribution in [3.05, 3.63) is 123 Å². The molecule has 5 aromatic heterocycles. The third kappa shape index (κ3) is 5.62. The minimum Gasteiger partial charge on any atom is -0.303 e. The molecule has 0 unspecified atom stereocenters. The van der Waals surface area contributed by atoms with Crippen LogP contribution in [-0.4, -0.2) is 24.1 Å². The van der Waals surface area contributed by atoms with Gasteiger partial charge in [0.05, 0.1) is 0 Å². The van der Waals surface area contributed by atoms with Crippen molar-refractivity contribution < 1.29 is 0 Å². The molecule has 0 bridgehead atoms. The van der Waals surface area contributed by atoms with Crippen LogP contribution in [0.2, 0.25) is 0 Å². The van der Waals surface area contributed by atoms with Crippen LogP contribution in [0, 0.1) is 41.5 Å². The summed E-state index contributed by atoms with van der Waals surface area (Å²) < 4.78 is 4.45. The Kier molecular flexibility index (Phi) is 7.28. The van der Waals surface area contributed by atoms with Crippen LogP contribution in [0.1, 0.15) is 56.4 Å². The number of nitrogens with zero attached hydrogens (tertiary/aromatic N) is 5. The zero-order chi connectivity index (χ0) is 26.8. The van der Waals surface area contributed by atoms with Crippen molar-refractivity contribution in [1.29, 1.82) is 0 Å². The maximum absolute atomic E-state index is 5.00. The SMILES string of the molecule is Cc1cc(CCc2cncc(CCc3cc(C)nc(-n4c(C)ccc4C)c3)c2)nc(-n2c(C)ccc2C)c1. The highest BCUT2D eigenvalue weighted by Crippen LogP contribution is 2.20. The zero-order valence-corrected chi connectivity index (χ0v) is 23.4. The number of hydrogen-bond acceptors (Lipinski definition) is 3. The molecule has 0 N–H and O–H groups in total. The standard InChI is InChI=1S/C33H37N5/c1-22-15-31(36-32(16-22)37-24(3)7-8-25(37)4)14-13-30-18-29(20-34-21-30)12-11-28-17-23(2)35-33(19-28)38-26(5)9-10-27(38)6/h7-10,15-21H,11-14H2,1-6H3. The van der Waals surface area contributed by atoms with Gasteiger partial charge in [-0.2, -0.15) is 0 Å². The third-order valence-corrected chi connectivity index (χ3v) is 7.23. The summed E-state index contributed by atoms with van der Waals surface area (Å²) in [6, 6.07) is 19.7. The molecule has 38 heavy (non-hydrogen) atoms. The van der Waals surface area contributed by atoms with Crippen LogP contribution in [0.4, 0.5) is 0 Å². The third-order valence-electron chi connectivity index (χ3n) is 7.23. The molecule has 5 heteroatoms. The summed E-state index contributed by atoms with van der Waals surface area (Å²) in [5.41, 5.74) is 12.1. The molecule has 194 valence electrons. The summed E-state index contributed by atoms with van der Waals surface area (Å²) in [6.45, 7) is 12.7. The highest BCUT2D eigenvalue weighted by Gasteiger charge is 2.10. The van der Waals surface area contributed by atoms with Gasteiger partial charge in [-0.3, -0.25) is 4.98 Å². The Balaban J connectivity index is 1.27. The molecule has 0 atom stereocenters. The van der Waals surface area contributed by atoms with Gasteiger partial charge in [0, 0.05) is 46.6 Å². The van der Waals surface area contributed by atoms with Gasteiger partial charge in [-0.05, 0) is 138 Å². The van der Waals surface area contributed by atoms with Gasteiger partial charge < -0.3 is 9.13 Å². The molecule has 0 aliphatic heterocycles. The van der Waals surface area contributed by atoms with E-state index in [0.29, 0.717) is 0 Å². The lowest BCUT2D eigenvalue weighted by Crippen LogP contribution is -2.06. The van der Waals surface area contributed by atoms with Crippen LogP contribution < -0.4 is 0 Å². The van der Waals surface area contributed by atoms with Crippen molar-refractivity contribution in [3.8, 4) is 11.6 Å². The molecule has 0 spiro atoms. The first-order chi connectivity index (χ1) is 18.3. The van der Waals surface area contributed by atoms with Gasteiger partial charge >= 0.3 is 0 Å². The quantitative estimate of drug-likeness (QED) is 0.232. The van der Waals surface area contributed by atoms with E-state index >= 15 is 0 Å². The maximum Gasteiger partial charge on any atom is 0.137 e. The fourth-order valence-corrected chi connectivity index (χ4v) is 5.38. The Hall–Kier alpha value is -3.99. The molecule has 5 aromatic rings. The van der Waals surface area contributed by atoms with E-state index in [1.54, 1.807) is 0 Å². The van der Waals surface area contributed by atoms with Crippen molar-refractivity contribution in [1.82, 2.24) is 24.1 Å². The van der Waals surface area contributed by atoms with Crippen LogP contribution in [0.3, 0.4) is 0 Å². The summed E-state index contributed by atoms with van der Waals surface area (Å²) in [4.78, 5) is 14.4. The van der Waals surface area contributed by atoms with E-state index in [1.165, 1.54) is 45.0 Å². The predicted octanol–water partition coefficient (Wildman–Crippen LogP) is 6.87. The smallest absolute Gasteiger partial charge is 0.137 e. The Bertz CT molecular complexity index is 1430. The summed E-state index contributed by atoms with van der Waals surface area (Å²) in [6.07, 6.45) is 7.71. The first-order valence-corrected chi connectivity index (χ1v) is 13.5. The van der Waals surface area contributed by atoms with Crippen LogP contribution in [0.15, 0.2) is 67.0 Å². The Labute approximate surface area is 226 Å². The van der Waals surface area contributed by atoms with Gasteiger partial charge in [0.1, 0.15) is 11.6 Å². The molecule has 0 aliphatic carbocycles. The second-order valence-electron chi connectivity index (χ2n) is 10.6. The molecule has 0 radical (unpaired) electrons. The van der Waals surface area contributed by atoms with E-state index in [9.17, 15) is 0 Å². The molecule has 0 aliphatic rings. The van der Waals surface area contributed by atoms with Crippen LogP contribution in [0.5, 0.6) is 0 Å². The predicted molar refractivity (Wildman–Crippen MR) is 155 cm³/mol. The summed E-state index contributed by atoms with van der Waals surface area (Å²) in [7, 11) is 0. The Morgan fingerprint density at radius 2 is 1.05 bits per heavy atom. The average Bonchev–Trinajstić information content (AvgIpc) is 3.40. The lowest BCUT2D eigenvalue weighted by atomic mass is 10.0. The maximum atomic E-state index is 5.00. The first kappa shape index (κ1) is 25.7. The zero-order valence-electron chi connectivity index (χ0n) is 23.4. The van der Waals surface area contributed by atoms with Crippen molar-refractivity contribution in [3.63, 3.8) is 0 Å². The summed E-state index contributed by atoms with van der Waals surface area (Å²) >= 11 is 0. The van der Waals surface area contributed by atoms with Crippen LogP contribution in [-0.2, 0) is 25.7 Å². The van der Waals surface area contributed by atoms with E-state index in [-0.39, 0.29) is 0 Å². The Morgan fingerprint density at radius 1 is 0.526 bits per heavy atom. The van der Waals surface area contributed by atoms with E-state index in [0.717, 1.165) is 48.7 Å². The molecule has 0 saturated carbocycles. The second kappa shape index (κ2) is 10.8. The van der Waals surface area contributed by atoms with Crippen molar-refractivity contribution >= 4 is 0 Å². The number of aromatic nitrogens is 5. The van der Waals surface area contributed by atoms with E-state index in [2.05, 4.69) is 110 Å². The largest absolute Gasteiger partial charge is 0.303 e. The van der Waals surface area contributed by atoms with Crippen molar-refractivity contribution in [2.24, 2.45) is 0 Å². The van der Waals surface area contributed by atoms with E-state index in [4.69, 9.17) is 9.97 Å². The Morgan fingerprint density at radius 3 is 1.66 bits per heavy atom. The molecule has 0 amide bonds. The number of aryl methyl sites for hydroxylation is 10. The normalized spacial score (nSPS) is 11.3. The number of hydrogen-bond donors (Lipinski definition) is 0. The molecular weight excluding hydrogens is 466 g/mol. The number of pyridine rings is 3. The summed E-state index contributed by atoms with van der Waals surface area (Å²) in [5.74, 6) is 2.01. The molecule has 0 fully saturated rings. The van der Waals surface area contributed by atoms with Gasteiger partial charge in [0.2, 0.25) is 0 Å².